The van der Waals surface area contributed by atoms with Gasteiger partial charge in [-0.05, 0) is 39.3 Å². The number of halogens is 1. The average molecular weight is 560 g/mol. The molecular formula is C26H30FN5O6S. The lowest BCUT2D eigenvalue weighted by Crippen LogP contribution is -2.66. The second kappa shape index (κ2) is 9.54. The van der Waals surface area contributed by atoms with E-state index >= 15 is 4.39 Å². The average Bonchev–Trinajstić information content (AvgIpc) is 3.00. The topological polar surface area (TPSA) is 136 Å². The number of β-lactam (4-membered cyclic amide) rings is 1. The third kappa shape index (κ3) is 4.14. The molecule has 1 amide bonds. The Morgan fingerprint density at radius 3 is 2.56 bits per heavy atom. The number of thioether (sulfide) groups is 1. The van der Waals surface area contributed by atoms with Crippen LogP contribution in [0.2, 0.25) is 0 Å². The van der Waals surface area contributed by atoms with Crippen LogP contribution in [0.5, 0.6) is 0 Å². The van der Waals surface area contributed by atoms with Gasteiger partial charge in [-0.1, -0.05) is 0 Å². The first-order valence-electron chi connectivity index (χ1n) is 12.8. The predicted molar refractivity (Wildman–Crippen MR) is 145 cm³/mol. The molecule has 0 aliphatic carbocycles. The molecule has 3 aliphatic heterocycles. The van der Waals surface area contributed by atoms with E-state index in [-0.39, 0.29) is 16.7 Å². The first-order valence-corrected chi connectivity index (χ1v) is 13.7. The first kappa shape index (κ1) is 27.0. The Hall–Kier alpha value is -3.61. The van der Waals surface area contributed by atoms with E-state index in [9.17, 15) is 29.4 Å². The number of fused-ring (bicyclic) bond motifs is 2. The zero-order valence-electron chi connectivity index (χ0n) is 21.9. The smallest absolute Gasteiger partial charge is 0.354 e. The number of aromatic nitrogens is 1. The van der Waals surface area contributed by atoms with Crippen LogP contribution in [-0.2, 0) is 16.1 Å². The number of aliphatic carboxylic acids is 1. The molecule has 5 rings (SSSR count). The van der Waals surface area contributed by atoms with Crippen LogP contribution in [0.3, 0.4) is 0 Å². The molecule has 3 aliphatic rings. The van der Waals surface area contributed by atoms with Gasteiger partial charge < -0.3 is 24.6 Å². The lowest BCUT2D eigenvalue weighted by molar-refractivity contribution is -0.167. The molecule has 0 bridgehead atoms. The monoisotopic (exact) mass is 559 g/mol. The van der Waals surface area contributed by atoms with E-state index in [1.165, 1.54) is 29.2 Å². The summed E-state index contributed by atoms with van der Waals surface area (Å²) < 4.78 is 16.1. The molecule has 1 aromatic carbocycles. The molecule has 39 heavy (non-hydrogen) atoms. The maximum absolute atomic E-state index is 15.3. The summed E-state index contributed by atoms with van der Waals surface area (Å²) in [5.41, 5.74) is -2.09. The van der Waals surface area contributed by atoms with Crippen molar-refractivity contribution in [3.63, 3.8) is 0 Å². The van der Waals surface area contributed by atoms with Crippen molar-refractivity contribution < 1.29 is 29.0 Å². The second-order valence-corrected chi connectivity index (χ2v) is 12.2. The standard InChI is InChI=1S/C26H30FN5O6S/c1-4-30-13-16(23(35)36)22(34)15-10-17(27)19(11-18(15)30)31-7-5-6-29(8-9-31)14-28-26(24(37)38)25(2,3)39-21-12-20(33)32(21)26/h10-11,13-14,21H,4-9,12H2,1-3H3,(H,35,36)(H,37,38)/t21-,26+/m0/s1. The van der Waals surface area contributed by atoms with Gasteiger partial charge in [0.2, 0.25) is 17.0 Å². The quantitative estimate of drug-likeness (QED) is 0.310. The van der Waals surface area contributed by atoms with Gasteiger partial charge in [0.15, 0.2) is 0 Å². The fraction of sp³-hybridized carbons (Fsp3) is 0.500. The van der Waals surface area contributed by atoms with E-state index in [0.29, 0.717) is 56.8 Å². The summed E-state index contributed by atoms with van der Waals surface area (Å²) in [6.07, 6.45) is 3.72. The largest absolute Gasteiger partial charge is 0.478 e. The zero-order valence-corrected chi connectivity index (χ0v) is 22.7. The number of benzene rings is 1. The Balaban J connectivity index is 1.41. The van der Waals surface area contributed by atoms with Gasteiger partial charge in [-0.25, -0.2) is 19.0 Å². The highest BCUT2D eigenvalue weighted by atomic mass is 32.2. The van der Waals surface area contributed by atoms with Gasteiger partial charge in [0.25, 0.3) is 0 Å². The number of carbonyl (C=O) groups excluding carboxylic acids is 1. The summed E-state index contributed by atoms with van der Waals surface area (Å²) in [4.78, 5) is 58.6. The van der Waals surface area contributed by atoms with Gasteiger partial charge in [0.05, 0.1) is 34.1 Å². The highest BCUT2D eigenvalue weighted by Crippen LogP contribution is 2.57. The number of aliphatic imine (C=N–C) groups is 1. The number of nitrogens with zero attached hydrogens (tertiary/aromatic N) is 5. The summed E-state index contributed by atoms with van der Waals surface area (Å²) in [5.74, 6) is -3.38. The number of amides is 1. The molecule has 0 radical (unpaired) electrons. The van der Waals surface area contributed by atoms with E-state index in [0.717, 1.165) is 6.07 Å². The molecular weight excluding hydrogens is 529 g/mol. The maximum Gasteiger partial charge on any atom is 0.354 e. The number of carboxylic acid groups (broad SMARTS) is 2. The van der Waals surface area contributed by atoms with Crippen molar-refractivity contribution in [2.75, 3.05) is 31.1 Å². The number of carbonyl (C=O) groups is 3. The number of carboxylic acids is 2. The lowest BCUT2D eigenvalue weighted by Gasteiger charge is -2.43. The number of rotatable bonds is 6. The molecule has 0 spiro atoms. The van der Waals surface area contributed by atoms with E-state index in [1.807, 2.05) is 16.7 Å². The summed E-state index contributed by atoms with van der Waals surface area (Å²) in [7, 11) is 0. The molecule has 2 aromatic rings. The summed E-state index contributed by atoms with van der Waals surface area (Å²) in [6, 6.07) is 2.69. The number of hydrogen-bond acceptors (Lipinski definition) is 7. The Morgan fingerprint density at radius 1 is 1.18 bits per heavy atom. The minimum Gasteiger partial charge on any atom is -0.478 e. The highest BCUT2D eigenvalue weighted by Gasteiger charge is 2.70. The molecule has 3 fully saturated rings. The molecule has 4 heterocycles. The van der Waals surface area contributed by atoms with Crippen molar-refractivity contribution in [1.82, 2.24) is 14.4 Å². The SMILES string of the molecule is CCn1cc(C(=O)O)c(=O)c2cc(F)c(N3CCCN(C=N[C@]4(C(=O)O)N5C(=O)C[C@@H]5SC4(C)C)CC3)cc21. The van der Waals surface area contributed by atoms with Gasteiger partial charge >= 0.3 is 11.9 Å². The van der Waals surface area contributed by atoms with E-state index in [1.54, 1.807) is 24.5 Å². The molecule has 11 nitrogen and oxygen atoms in total. The third-order valence-electron chi connectivity index (χ3n) is 7.82. The van der Waals surface area contributed by atoms with Gasteiger partial charge in [0, 0.05) is 44.3 Å². The summed E-state index contributed by atoms with van der Waals surface area (Å²) in [5, 5.41) is 19.4. The molecule has 3 saturated heterocycles. The van der Waals surface area contributed by atoms with Crippen molar-refractivity contribution in [2.24, 2.45) is 4.99 Å². The molecule has 0 saturated carbocycles. The third-order valence-corrected chi connectivity index (χ3v) is 9.35. The van der Waals surface area contributed by atoms with E-state index < -0.39 is 39.2 Å². The lowest BCUT2D eigenvalue weighted by atomic mass is 9.91. The molecule has 2 atom stereocenters. The van der Waals surface area contributed by atoms with Crippen LogP contribution in [0.1, 0.15) is 44.0 Å². The first-order chi connectivity index (χ1) is 18.4. The zero-order chi connectivity index (χ0) is 28.3. The number of hydrogen-bond donors (Lipinski definition) is 2. The summed E-state index contributed by atoms with van der Waals surface area (Å²) in [6.45, 7) is 7.68. The molecule has 13 heteroatoms. The highest BCUT2D eigenvalue weighted by molar-refractivity contribution is 8.01. The number of aryl methyl sites for hydroxylation is 1. The van der Waals surface area contributed by atoms with E-state index in [4.69, 9.17) is 0 Å². The van der Waals surface area contributed by atoms with Crippen LogP contribution >= 0.6 is 11.8 Å². The molecule has 1 aromatic heterocycles. The second-order valence-electron chi connectivity index (χ2n) is 10.4. The van der Waals surface area contributed by atoms with Gasteiger partial charge in [-0.3, -0.25) is 14.5 Å². The minimum atomic E-state index is -1.70. The normalized spacial score (nSPS) is 24.7. The van der Waals surface area contributed by atoms with Crippen LogP contribution in [-0.4, -0.2) is 90.7 Å². The van der Waals surface area contributed by atoms with Crippen molar-refractivity contribution in [3.05, 3.63) is 39.9 Å². The van der Waals surface area contributed by atoms with E-state index in [2.05, 4.69) is 4.99 Å². The van der Waals surface area contributed by atoms with Gasteiger partial charge in [-0.15, -0.1) is 11.8 Å². The van der Waals surface area contributed by atoms with Crippen molar-refractivity contribution in [2.45, 2.75) is 55.9 Å². The van der Waals surface area contributed by atoms with Crippen LogP contribution in [0.4, 0.5) is 10.1 Å². The van der Waals surface area contributed by atoms with Crippen LogP contribution in [0.15, 0.2) is 28.1 Å². The molecule has 208 valence electrons. The predicted octanol–water partition coefficient (Wildman–Crippen LogP) is 2.26. The van der Waals surface area contributed by atoms with Crippen molar-refractivity contribution >= 4 is 52.5 Å². The molecule has 0 unspecified atom stereocenters. The van der Waals surface area contributed by atoms with Gasteiger partial charge in [0.1, 0.15) is 11.4 Å². The number of aromatic carboxylic acids is 1. The van der Waals surface area contributed by atoms with Gasteiger partial charge in [-0.2, -0.15) is 0 Å². The number of anilines is 1. The maximum atomic E-state index is 15.3. The fourth-order valence-electron chi connectivity index (χ4n) is 5.73. The van der Waals surface area contributed by atoms with Crippen LogP contribution in [0, 0.1) is 5.82 Å². The van der Waals surface area contributed by atoms with Crippen LogP contribution < -0.4 is 10.3 Å². The summed E-state index contributed by atoms with van der Waals surface area (Å²) >= 11 is 1.44. The number of pyridine rings is 1. The minimum absolute atomic E-state index is 0.0106. The molecule has 2 N–H and O–H groups in total. The van der Waals surface area contributed by atoms with Crippen LogP contribution in [0.25, 0.3) is 10.9 Å². The van der Waals surface area contributed by atoms with Crippen molar-refractivity contribution in [1.29, 1.82) is 0 Å². The Labute approximate surface area is 227 Å². The Kier molecular flexibility index (Phi) is 6.60. The fourth-order valence-corrected chi connectivity index (χ4v) is 7.42. The van der Waals surface area contributed by atoms with Crippen molar-refractivity contribution in [3.8, 4) is 0 Å². The Morgan fingerprint density at radius 2 is 1.92 bits per heavy atom. The Bertz CT molecular complexity index is 1470.